The Bertz CT molecular complexity index is 700. The Morgan fingerprint density at radius 2 is 1.88 bits per heavy atom. The molecule has 4 N–H and O–H groups in total. The van der Waals surface area contributed by atoms with E-state index < -0.39 is 22.3 Å². The summed E-state index contributed by atoms with van der Waals surface area (Å²) in [5.74, 6) is -1.66. The maximum atomic E-state index is 11.8. The average Bonchev–Trinajstić information content (AvgIpc) is 2.48. The summed E-state index contributed by atoms with van der Waals surface area (Å²) >= 11 is 0.931. The molecule has 0 saturated carbocycles. The summed E-state index contributed by atoms with van der Waals surface area (Å²) in [7, 11) is 0. The van der Waals surface area contributed by atoms with Crippen LogP contribution in [0.2, 0.25) is 0 Å². The van der Waals surface area contributed by atoms with E-state index in [-0.39, 0.29) is 34.4 Å². The highest BCUT2D eigenvalue weighted by atomic mass is 32.2. The van der Waals surface area contributed by atoms with Crippen LogP contribution in [0.25, 0.3) is 0 Å². The van der Waals surface area contributed by atoms with Gasteiger partial charge >= 0.3 is 0 Å². The van der Waals surface area contributed by atoms with Gasteiger partial charge in [-0.2, -0.15) is 0 Å². The zero-order chi connectivity index (χ0) is 19.2. The summed E-state index contributed by atoms with van der Waals surface area (Å²) in [5, 5.41) is 16.2. The molecule has 0 heterocycles. The van der Waals surface area contributed by atoms with Gasteiger partial charge in [-0.1, -0.05) is 0 Å². The predicted octanol–water partition coefficient (Wildman–Crippen LogP) is 0.817. The van der Waals surface area contributed by atoms with Gasteiger partial charge in [0.05, 0.1) is 22.1 Å². The van der Waals surface area contributed by atoms with Crippen LogP contribution in [-0.2, 0) is 9.59 Å². The van der Waals surface area contributed by atoms with E-state index in [2.05, 4.69) is 10.6 Å². The molecule has 0 bridgehead atoms. The monoisotopic (exact) mass is 368 g/mol. The van der Waals surface area contributed by atoms with E-state index in [1.807, 2.05) is 20.8 Å². The molecule has 0 aliphatic rings. The molecule has 1 rings (SSSR count). The van der Waals surface area contributed by atoms with Gasteiger partial charge in [0.2, 0.25) is 17.7 Å². The van der Waals surface area contributed by atoms with Crippen LogP contribution in [0.5, 0.6) is 0 Å². The second-order valence-corrected chi connectivity index (χ2v) is 7.18. The molecule has 0 aliphatic heterocycles. The second kappa shape index (κ2) is 8.47. The van der Waals surface area contributed by atoms with Crippen molar-refractivity contribution >= 4 is 35.2 Å². The summed E-state index contributed by atoms with van der Waals surface area (Å²) < 4.78 is 0. The largest absolute Gasteiger partial charge is 0.366 e. The van der Waals surface area contributed by atoms with Gasteiger partial charge in [0.1, 0.15) is 0 Å². The van der Waals surface area contributed by atoms with Gasteiger partial charge in [0.15, 0.2) is 0 Å². The molecule has 0 aliphatic carbocycles. The molecule has 10 heteroatoms. The lowest BCUT2D eigenvalue weighted by atomic mass is 10.1. The number of nitrogens with two attached hydrogens (primary N) is 1. The van der Waals surface area contributed by atoms with Crippen molar-refractivity contribution in [3.8, 4) is 0 Å². The van der Waals surface area contributed by atoms with E-state index in [1.54, 1.807) is 0 Å². The number of hydrogen-bond donors (Lipinski definition) is 3. The zero-order valence-electron chi connectivity index (χ0n) is 14.1. The van der Waals surface area contributed by atoms with E-state index >= 15 is 0 Å². The Labute approximate surface area is 148 Å². The lowest BCUT2D eigenvalue weighted by molar-refractivity contribution is -0.387. The molecule has 1 aromatic rings. The van der Waals surface area contributed by atoms with Crippen LogP contribution >= 0.6 is 11.8 Å². The molecule has 0 atom stereocenters. The number of amides is 3. The van der Waals surface area contributed by atoms with Crippen molar-refractivity contribution < 1.29 is 19.3 Å². The van der Waals surface area contributed by atoms with Gasteiger partial charge in [-0.15, -0.1) is 11.8 Å². The van der Waals surface area contributed by atoms with Gasteiger partial charge in [0, 0.05) is 17.2 Å². The SMILES string of the molecule is CC(C)(C)NC(=O)CNC(=O)CSc1ccc(C(N)=O)cc1[N+](=O)[O-]. The van der Waals surface area contributed by atoms with E-state index in [9.17, 15) is 24.5 Å². The van der Waals surface area contributed by atoms with Gasteiger partial charge < -0.3 is 16.4 Å². The van der Waals surface area contributed by atoms with E-state index in [0.717, 1.165) is 17.8 Å². The highest BCUT2D eigenvalue weighted by Crippen LogP contribution is 2.29. The van der Waals surface area contributed by atoms with Crippen molar-refractivity contribution in [1.82, 2.24) is 10.6 Å². The summed E-state index contributed by atoms with van der Waals surface area (Å²) in [5.41, 5.74) is 4.40. The molecule has 0 unspecified atom stereocenters. The van der Waals surface area contributed by atoms with Crippen molar-refractivity contribution in [2.45, 2.75) is 31.2 Å². The molecule has 25 heavy (non-hydrogen) atoms. The van der Waals surface area contributed by atoms with Gasteiger partial charge in [0.25, 0.3) is 5.69 Å². The fraction of sp³-hybridized carbons (Fsp3) is 0.400. The number of nitrogens with one attached hydrogen (secondary N) is 2. The van der Waals surface area contributed by atoms with Crippen molar-refractivity contribution in [2.75, 3.05) is 12.3 Å². The summed E-state index contributed by atoms with van der Waals surface area (Å²) in [6.07, 6.45) is 0. The minimum absolute atomic E-state index is 0.0133. The highest BCUT2D eigenvalue weighted by Gasteiger charge is 2.18. The number of carbonyl (C=O) groups is 3. The summed E-state index contributed by atoms with van der Waals surface area (Å²) in [4.78, 5) is 45.1. The van der Waals surface area contributed by atoms with Crippen LogP contribution in [0.1, 0.15) is 31.1 Å². The van der Waals surface area contributed by atoms with Crippen LogP contribution in [0.4, 0.5) is 5.69 Å². The number of primary amides is 1. The van der Waals surface area contributed by atoms with Gasteiger partial charge in [-0.3, -0.25) is 24.5 Å². The minimum Gasteiger partial charge on any atom is -0.366 e. The first-order valence-electron chi connectivity index (χ1n) is 7.28. The average molecular weight is 368 g/mol. The molecule has 0 radical (unpaired) electrons. The first-order valence-corrected chi connectivity index (χ1v) is 8.27. The molecule has 0 fully saturated rings. The summed E-state index contributed by atoms with van der Waals surface area (Å²) in [6, 6.07) is 3.79. The Hall–Kier alpha value is -2.62. The van der Waals surface area contributed by atoms with E-state index in [1.165, 1.54) is 12.1 Å². The molecular weight excluding hydrogens is 348 g/mol. The quantitative estimate of drug-likeness (QED) is 0.369. The number of hydrogen-bond acceptors (Lipinski definition) is 6. The Morgan fingerprint density at radius 3 is 2.40 bits per heavy atom. The number of nitro benzene ring substituents is 1. The minimum atomic E-state index is -0.776. The molecule has 0 aromatic heterocycles. The fourth-order valence-electron chi connectivity index (χ4n) is 1.77. The fourth-order valence-corrected chi connectivity index (χ4v) is 2.61. The number of thioether (sulfide) groups is 1. The van der Waals surface area contributed by atoms with Gasteiger partial charge in [-0.05, 0) is 32.9 Å². The smallest absolute Gasteiger partial charge is 0.283 e. The predicted molar refractivity (Wildman–Crippen MR) is 93.2 cm³/mol. The normalized spacial score (nSPS) is 10.8. The van der Waals surface area contributed by atoms with Crippen molar-refractivity contribution in [2.24, 2.45) is 5.73 Å². The summed E-state index contributed by atoms with van der Waals surface area (Å²) in [6.45, 7) is 5.27. The number of nitro groups is 1. The topological polar surface area (TPSA) is 144 Å². The third-order valence-electron chi connectivity index (χ3n) is 2.76. The van der Waals surface area contributed by atoms with Crippen molar-refractivity contribution in [3.63, 3.8) is 0 Å². The number of nitrogens with zero attached hydrogens (tertiary/aromatic N) is 1. The standard InChI is InChI=1S/C15H20N4O5S/c1-15(2,3)18-12(20)7-17-13(21)8-25-11-5-4-9(14(16)22)6-10(11)19(23)24/h4-6H,7-8H2,1-3H3,(H2,16,22)(H,17,21)(H,18,20). The maximum Gasteiger partial charge on any atom is 0.283 e. The van der Waals surface area contributed by atoms with Crippen LogP contribution in [-0.4, -0.2) is 40.5 Å². The molecule has 1 aromatic carbocycles. The first kappa shape index (κ1) is 20.4. The van der Waals surface area contributed by atoms with Crippen LogP contribution in [0.15, 0.2) is 23.1 Å². The number of carbonyl (C=O) groups excluding carboxylic acids is 3. The van der Waals surface area contributed by atoms with E-state index in [0.29, 0.717) is 0 Å². The number of benzene rings is 1. The Kier molecular flexibility index (Phi) is 6.92. The van der Waals surface area contributed by atoms with E-state index in [4.69, 9.17) is 5.73 Å². The molecule has 0 saturated heterocycles. The Morgan fingerprint density at radius 1 is 1.24 bits per heavy atom. The zero-order valence-corrected chi connectivity index (χ0v) is 14.9. The van der Waals surface area contributed by atoms with Crippen molar-refractivity contribution in [1.29, 1.82) is 0 Å². The van der Waals surface area contributed by atoms with Crippen LogP contribution in [0.3, 0.4) is 0 Å². The maximum absolute atomic E-state index is 11.8. The highest BCUT2D eigenvalue weighted by molar-refractivity contribution is 8.00. The lowest BCUT2D eigenvalue weighted by Gasteiger charge is -2.20. The van der Waals surface area contributed by atoms with Gasteiger partial charge in [-0.25, -0.2) is 0 Å². The third-order valence-corrected chi connectivity index (χ3v) is 3.82. The molecule has 136 valence electrons. The molecule has 0 spiro atoms. The third kappa shape index (κ3) is 7.21. The van der Waals surface area contributed by atoms with Crippen molar-refractivity contribution in [3.05, 3.63) is 33.9 Å². The number of rotatable bonds is 7. The molecule has 9 nitrogen and oxygen atoms in total. The van der Waals surface area contributed by atoms with Crippen LogP contribution < -0.4 is 16.4 Å². The Balaban J connectivity index is 2.63. The van der Waals surface area contributed by atoms with Crippen LogP contribution in [0, 0.1) is 10.1 Å². The second-order valence-electron chi connectivity index (χ2n) is 6.17. The lowest BCUT2D eigenvalue weighted by Crippen LogP contribution is -2.46. The first-order chi connectivity index (χ1) is 11.5. The molecule has 3 amide bonds. The molecular formula is C15H20N4O5S.